The molecule has 0 aromatic carbocycles. The van der Waals surface area contributed by atoms with E-state index in [1.165, 1.54) is 0 Å². The van der Waals surface area contributed by atoms with Gasteiger partial charge >= 0.3 is 12.0 Å². The molecule has 0 fully saturated rings. The third-order valence-corrected chi connectivity index (χ3v) is 2.76. The molecule has 0 saturated heterocycles. The van der Waals surface area contributed by atoms with Crippen molar-refractivity contribution in [2.75, 3.05) is 5.32 Å². The van der Waals surface area contributed by atoms with E-state index in [1.54, 1.807) is 19.9 Å². The summed E-state index contributed by atoms with van der Waals surface area (Å²) in [5.41, 5.74) is 1.24. The molecule has 0 atom stereocenters. The summed E-state index contributed by atoms with van der Waals surface area (Å²) in [6.45, 7) is 7.34. The molecule has 6 nitrogen and oxygen atoms in total. The van der Waals surface area contributed by atoms with Crippen LogP contribution in [0.15, 0.2) is 12.1 Å². The van der Waals surface area contributed by atoms with Crippen molar-refractivity contribution in [2.45, 2.75) is 46.1 Å². The topological polar surface area (TPSA) is 91.3 Å². The molecule has 1 heterocycles. The number of nitrogens with one attached hydrogen (secondary N) is 2. The molecule has 110 valence electrons. The number of urea groups is 1. The Bertz CT molecular complexity index is 492. The number of carbonyl (C=O) groups excluding carboxylic acids is 1. The molecular weight excluding hydrogens is 258 g/mol. The molecule has 3 N–H and O–H groups in total. The number of carboxylic acid groups (broad SMARTS) is 1. The lowest BCUT2D eigenvalue weighted by molar-refractivity contribution is -0.137. The fraction of sp³-hybridized carbons (Fsp3) is 0.500. The number of nitrogens with zero attached hydrogens (tertiary/aromatic N) is 1. The zero-order valence-electron chi connectivity index (χ0n) is 12.3. The number of hydrogen-bond acceptors (Lipinski definition) is 3. The number of hydrogen-bond donors (Lipinski definition) is 3. The number of anilines is 1. The van der Waals surface area contributed by atoms with Gasteiger partial charge in [0.25, 0.3) is 0 Å². The van der Waals surface area contributed by atoms with Gasteiger partial charge in [-0.05, 0) is 51.8 Å². The van der Waals surface area contributed by atoms with E-state index in [0.29, 0.717) is 12.2 Å². The van der Waals surface area contributed by atoms with Crippen LogP contribution in [-0.4, -0.2) is 27.6 Å². The van der Waals surface area contributed by atoms with Crippen LogP contribution in [-0.2, 0) is 4.79 Å². The van der Waals surface area contributed by atoms with Crippen LogP contribution in [0.5, 0.6) is 0 Å². The smallest absolute Gasteiger partial charge is 0.320 e. The lowest BCUT2D eigenvalue weighted by Crippen LogP contribution is -2.45. The van der Waals surface area contributed by atoms with Gasteiger partial charge in [0.05, 0.1) is 0 Å². The average molecular weight is 279 g/mol. The van der Waals surface area contributed by atoms with Gasteiger partial charge in [0.2, 0.25) is 0 Å². The van der Waals surface area contributed by atoms with Gasteiger partial charge in [-0.2, -0.15) is 0 Å². The number of carboxylic acids is 1. The summed E-state index contributed by atoms with van der Waals surface area (Å²) < 4.78 is 0. The lowest BCUT2D eigenvalue weighted by Gasteiger charge is -2.25. The van der Waals surface area contributed by atoms with Gasteiger partial charge in [0.15, 0.2) is 0 Å². The molecular formula is C14H21N3O3. The first-order valence-corrected chi connectivity index (χ1v) is 6.44. The van der Waals surface area contributed by atoms with E-state index >= 15 is 0 Å². The highest BCUT2D eigenvalue weighted by atomic mass is 16.4. The Labute approximate surface area is 118 Å². The van der Waals surface area contributed by atoms with Crippen molar-refractivity contribution in [3.63, 3.8) is 0 Å². The predicted octanol–water partition coefficient (Wildman–Crippen LogP) is 2.46. The first-order valence-electron chi connectivity index (χ1n) is 6.44. The van der Waals surface area contributed by atoms with Crippen molar-refractivity contribution in [2.24, 2.45) is 0 Å². The summed E-state index contributed by atoms with van der Waals surface area (Å²) in [7, 11) is 0. The van der Waals surface area contributed by atoms with E-state index in [0.717, 1.165) is 11.3 Å². The molecule has 0 unspecified atom stereocenters. The van der Waals surface area contributed by atoms with Crippen LogP contribution in [0.2, 0.25) is 0 Å². The van der Waals surface area contributed by atoms with Gasteiger partial charge in [-0.15, -0.1) is 0 Å². The molecule has 0 aliphatic rings. The third kappa shape index (κ3) is 5.69. The van der Waals surface area contributed by atoms with Crippen molar-refractivity contribution < 1.29 is 14.7 Å². The van der Waals surface area contributed by atoms with E-state index in [4.69, 9.17) is 5.11 Å². The highest BCUT2D eigenvalue weighted by molar-refractivity contribution is 5.88. The highest BCUT2D eigenvalue weighted by Crippen LogP contribution is 2.13. The van der Waals surface area contributed by atoms with E-state index in [9.17, 15) is 9.59 Å². The van der Waals surface area contributed by atoms with E-state index in [2.05, 4.69) is 15.6 Å². The summed E-state index contributed by atoms with van der Waals surface area (Å²) in [6, 6.07) is 3.30. The van der Waals surface area contributed by atoms with Gasteiger partial charge in [-0.3, -0.25) is 10.1 Å². The zero-order chi connectivity index (χ0) is 15.3. The molecule has 0 aliphatic carbocycles. The fourth-order valence-corrected chi connectivity index (χ4v) is 1.84. The number of aromatic nitrogens is 1. The normalized spacial score (nSPS) is 11.0. The summed E-state index contributed by atoms with van der Waals surface area (Å²) >= 11 is 0. The monoisotopic (exact) mass is 279 g/mol. The van der Waals surface area contributed by atoms with Crippen LogP contribution in [0, 0.1) is 13.8 Å². The van der Waals surface area contributed by atoms with Gasteiger partial charge in [-0.1, -0.05) is 0 Å². The van der Waals surface area contributed by atoms with Crippen LogP contribution in [0.1, 0.15) is 37.9 Å². The van der Waals surface area contributed by atoms with Gasteiger partial charge in [0.1, 0.15) is 5.82 Å². The Morgan fingerprint density at radius 1 is 1.30 bits per heavy atom. The number of carbonyl (C=O) groups is 2. The average Bonchev–Trinajstić information content (AvgIpc) is 2.23. The van der Waals surface area contributed by atoms with Gasteiger partial charge in [-0.25, -0.2) is 9.78 Å². The molecule has 6 heteroatoms. The molecule has 1 aromatic heterocycles. The Kier molecular flexibility index (Phi) is 5.07. The SMILES string of the molecule is Cc1cc(C)nc(NC(=O)NC(C)(C)CCC(=O)O)c1. The molecule has 0 radical (unpaired) electrons. The second-order valence-corrected chi connectivity index (χ2v) is 5.53. The second-order valence-electron chi connectivity index (χ2n) is 5.53. The van der Waals surface area contributed by atoms with Crippen LogP contribution < -0.4 is 10.6 Å². The predicted molar refractivity (Wildman–Crippen MR) is 76.8 cm³/mol. The Morgan fingerprint density at radius 2 is 1.95 bits per heavy atom. The first-order chi connectivity index (χ1) is 9.18. The largest absolute Gasteiger partial charge is 0.481 e. The quantitative estimate of drug-likeness (QED) is 0.772. The fourth-order valence-electron chi connectivity index (χ4n) is 1.84. The van der Waals surface area contributed by atoms with Crippen LogP contribution >= 0.6 is 0 Å². The van der Waals surface area contributed by atoms with Crippen molar-refractivity contribution in [3.05, 3.63) is 23.4 Å². The minimum Gasteiger partial charge on any atom is -0.481 e. The van der Waals surface area contributed by atoms with Crippen LogP contribution in [0.3, 0.4) is 0 Å². The van der Waals surface area contributed by atoms with Crippen LogP contribution in [0.4, 0.5) is 10.6 Å². The molecule has 1 rings (SSSR count). The van der Waals surface area contributed by atoms with E-state index in [1.807, 2.05) is 19.9 Å². The van der Waals surface area contributed by atoms with E-state index < -0.39 is 17.5 Å². The van der Waals surface area contributed by atoms with Crippen LogP contribution in [0.25, 0.3) is 0 Å². The molecule has 0 aliphatic heterocycles. The number of rotatable bonds is 5. The van der Waals surface area contributed by atoms with Gasteiger partial charge in [0, 0.05) is 17.7 Å². The van der Waals surface area contributed by atoms with Crippen molar-refractivity contribution in [1.29, 1.82) is 0 Å². The molecule has 2 amide bonds. The van der Waals surface area contributed by atoms with Crippen molar-refractivity contribution in [1.82, 2.24) is 10.3 Å². The maximum atomic E-state index is 11.9. The summed E-state index contributed by atoms with van der Waals surface area (Å²) in [6.07, 6.45) is 0.366. The molecule has 1 aromatic rings. The minimum atomic E-state index is -0.878. The number of aryl methyl sites for hydroxylation is 2. The molecule has 0 bridgehead atoms. The van der Waals surface area contributed by atoms with Crippen molar-refractivity contribution >= 4 is 17.8 Å². The summed E-state index contributed by atoms with van der Waals surface area (Å²) in [5.74, 6) is -0.398. The zero-order valence-corrected chi connectivity index (χ0v) is 12.3. The summed E-state index contributed by atoms with van der Waals surface area (Å²) in [4.78, 5) is 26.7. The number of amides is 2. The van der Waals surface area contributed by atoms with E-state index in [-0.39, 0.29) is 6.42 Å². The maximum absolute atomic E-state index is 11.9. The second kappa shape index (κ2) is 6.36. The van der Waals surface area contributed by atoms with Crippen molar-refractivity contribution in [3.8, 4) is 0 Å². The number of pyridine rings is 1. The van der Waals surface area contributed by atoms with Gasteiger partial charge < -0.3 is 10.4 Å². The Hall–Kier alpha value is -2.11. The first kappa shape index (κ1) is 15.9. The Balaban J connectivity index is 2.60. The summed E-state index contributed by atoms with van der Waals surface area (Å²) in [5, 5.41) is 14.1. The molecule has 20 heavy (non-hydrogen) atoms. The highest BCUT2D eigenvalue weighted by Gasteiger charge is 2.21. The Morgan fingerprint density at radius 3 is 2.50 bits per heavy atom. The maximum Gasteiger partial charge on any atom is 0.320 e. The molecule has 0 spiro atoms. The lowest BCUT2D eigenvalue weighted by atomic mass is 9.99. The third-order valence-electron chi connectivity index (χ3n) is 2.76. The standard InChI is InChI=1S/C14H21N3O3/c1-9-7-10(2)15-11(8-9)16-13(20)17-14(3,4)6-5-12(18)19/h7-8H,5-6H2,1-4H3,(H,18,19)(H2,15,16,17,20). The molecule has 0 saturated carbocycles. The minimum absolute atomic E-state index is 0.00901. The number of aliphatic carboxylic acids is 1.